The lowest BCUT2D eigenvalue weighted by Crippen LogP contribution is -2.34. The van der Waals surface area contributed by atoms with Crippen molar-refractivity contribution in [2.24, 2.45) is 0 Å². The van der Waals surface area contributed by atoms with E-state index in [4.69, 9.17) is 11.6 Å². The van der Waals surface area contributed by atoms with E-state index in [2.05, 4.69) is 10.6 Å². The molecule has 0 aliphatic heterocycles. The summed E-state index contributed by atoms with van der Waals surface area (Å²) in [6.45, 7) is 0.440. The Morgan fingerprint density at radius 2 is 2.06 bits per heavy atom. The van der Waals surface area contributed by atoms with Crippen LogP contribution in [0.3, 0.4) is 0 Å². The summed E-state index contributed by atoms with van der Waals surface area (Å²) in [6.07, 6.45) is -0.710. The lowest BCUT2D eigenvalue weighted by molar-refractivity contribution is -0.120. The minimum Gasteiger partial charge on any atom is -0.387 e. The summed E-state index contributed by atoms with van der Waals surface area (Å²) in [4.78, 5) is 11.1. The van der Waals surface area contributed by atoms with Crippen LogP contribution in [0.15, 0.2) is 24.3 Å². The Balaban J connectivity index is 2.43. The van der Waals surface area contributed by atoms with E-state index in [0.29, 0.717) is 5.02 Å². The number of hydrogen-bond donors (Lipinski definition) is 3. The second-order valence-corrected chi connectivity index (χ2v) is 3.84. The van der Waals surface area contributed by atoms with Crippen LogP contribution < -0.4 is 10.6 Å². The van der Waals surface area contributed by atoms with Crippen molar-refractivity contribution in [3.8, 4) is 0 Å². The van der Waals surface area contributed by atoms with E-state index < -0.39 is 6.10 Å². The number of benzene rings is 1. The molecule has 0 fully saturated rings. The molecule has 16 heavy (non-hydrogen) atoms. The number of amides is 1. The molecule has 0 bridgehead atoms. The van der Waals surface area contributed by atoms with Crippen LogP contribution in [0, 0.1) is 0 Å². The standard InChI is InChI=1S/C11H15ClN2O2/c1-13-7-11(16)14-6-10(15)8-2-4-9(12)5-3-8/h2-5,10,13,15H,6-7H2,1H3,(H,14,16). The zero-order valence-corrected chi connectivity index (χ0v) is 9.79. The molecule has 88 valence electrons. The van der Waals surface area contributed by atoms with E-state index in [1.807, 2.05) is 0 Å². The average Bonchev–Trinajstić information content (AvgIpc) is 2.27. The van der Waals surface area contributed by atoms with Crippen molar-refractivity contribution in [2.75, 3.05) is 20.1 Å². The van der Waals surface area contributed by atoms with Crippen molar-refractivity contribution in [3.05, 3.63) is 34.9 Å². The van der Waals surface area contributed by atoms with Crippen LogP contribution in [0.1, 0.15) is 11.7 Å². The second kappa shape index (κ2) is 6.48. The Bertz CT molecular complexity index is 340. The van der Waals surface area contributed by atoms with Crippen LogP contribution in [-0.4, -0.2) is 31.2 Å². The topological polar surface area (TPSA) is 61.4 Å². The van der Waals surface area contributed by atoms with Crippen LogP contribution in [-0.2, 0) is 4.79 Å². The van der Waals surface area contributed by atoms with Crippen molar-refractivity contribution in [1.29, 1.82) is 0 Å². The molecular weight excluding hydrogens is 228 g/mol. The molecule has 1 aromatic carbocycles. The van der Waals surface area contributed by atoms with Gasteiger partial charge in [0.1, 0.15) is 0 Å². The summed E-state index contributed by atoms with van der Waals surface area (Å²) in [6, 6.07) is 6.87. The van der Waals surface area contributed by atoms with Gasteiger partial charge in [-0.2, -0.15) is 0 Å². The van der Waals surface area contributed by atoms with E-state index in [1.165, 1.54) is 0 Å². The SMILES string of the molecule is CNCC(=O)NCC(O)c1ccc(Cl)cc1. The highest BCUT2D eigenvalue weighted by Crippen LogP contribution is 2.15. The van der Waals surface area contributed by atoms with E-state index in [9.17, 15) is 9.90 Å². The molecule has 3 N–H and O–H groups in total. The summed E-state index contributed by atoms with van der Waals surface area (Å²) in [5.74, 6) is -0.143. The van der Waals surface area contributed by atoms with Gasteiger partial charge in [-0.25, -0.2) is 0 Å². The molecular formula is C11H15ClN2O2. The normalized spacial score (nSPS) is 12.2. The molecule has 0 heterocycles. The summed E-state index contributed by atoms with van der Waals surface area (Å²) in [7, 11) is 1.69. The van der Waals surface area contributed by atoms with Crippen molar-refractivity contribution in [1.82, 2.24) is 10.6 Å². The maximum atomic E-state index is 11.1. The predicted octanol–water partition coefficient (Wildman–Crippen LogP) is 0.709. The summed E-state index contributed by atoms with van der Waals surface area (Å²) in [5, 5.41) is 15.7. The number of aliphatic hydroxyl groups is 1. The van der Waals surface area contributed by atoms with Gasteiger partial charge >= 0.3 is 0 Å². The van der Waals surface area contributed by atoms with Crippen molar-refractivity contribution in [2.45, 2.75) is 6.10 Å². The first-order chi connectivity index (χ1) is 7.63. The molecule has 1 aromatic rings. The van der Waals surface area contributed by atoms with Crippen molar-refractivity contribution in [3.63, 3.8) is 0 Å². The highest BCUT2D eigenvalue weighted by Gasteiger charge is 2.08. The van der Waals surface area contributed by atoms with Crippen molar-refractivity contribution < 1.29 is 9.90 Å². The molecule has 0 saturated carbocycles. The monoisotopic (exact) mass is 242 g/mol. The number of hydrogen-bond acceptors (Lipinski definition) is 3. The number of carbonyl (C=O) groups excluding carboxylic acids is 1. The minimum atomic E-state index is -0.710. The fraction of sp³-hybridized carbons (Fsp3) is 0.364. The van der Waals surface area contributed by atoms with Gasteiger partial charge in [0.2, 0.25) is 5.91 Å². The summed E-state index contributed by atoms with van der Waals surface area (Å²) in [5.41, 5.74) is 0.731. The molecule has 1 unspecified atom stereocenters. The summed E-state index contributed by atoms with van der Waals surface area (Å²) >= 11 is 5.73. The number of aliphatic hydroxyl groups excluding tert-OH is 1. The van der Waals surface area contributed by atoms with Crippen molar-refractivity contribution >= 4 is 17.5 Å². The van der Waals surface area contributed by atoms with Gasteiger partial charge in [-0.3, -0.25) is 4.79 Å². The lowest BCUT2D eigenvalue weighted by atomic mass is 10.1. The van der Waals surface area contributed by atoms with Gasteiger partial charge in [0.05, 0.1) is 12.6 Å². The number of carbonyl (C=O) groups is 1. The van der Waals surface area contributed by atoms with Gasteiger partial charge < -0.3 is 15.7 Å². The first kappa shape index (κ1) is 13.0. The number of rotatable bonds is 5. The van der Waals surface area contributed by atoms with Crippen LogP contribution in [0.25, 0.3) is 0 Å². The number of nitrogens with one attached hydrogen (secondary N) is 2. The molecule has 1 amide bonds. The molecule has 0 spiro atoms. The quantitative estimate of drug-likeness (QED) is 0.713. The molecule has 0 aliphatic carbocycles. The Morgan fingerprint density at radius 3 is 2.62 bits per heavy atom. The largest absolute Gasteiger partial charge is 0.387 e. The number of likely N-dealkylation sites (N-methyl/N-ethyl adjacent to an activating group) is 1. The molecule has 1 atom stereocenters. The van der Waals surface area contributed by atoms with E-state index in [0.717, 1.165) is 5.56 Å². The van der Waals surface area contributed by atoms with E-state index in [-0.39, 0.29) is 19.0 Å². The van der Waals surface area contributed by atoms with Gasteiger partial charge in [0.25, 0.3) is 0 Å². The molecule has 0 radical (unpaired) electrons. The maximum Gasteiger partial charge on any atom is 0.234 e. The van der Waals surface area contributed by atoms with Crippen LogP contribution in [0.4, 0.5) is 0 Å². The lowest BCUT2D eigenvalue weighted by Gasteiger charge is -2.12. The predicted molar refractivity (Wildman–Crippen MR) is 63.3 cm³/mol. The smallest absolute Gasteiger partial charge is 0.234 e. The van der Waals surface area contributed by atoms with Gasteiger partial charge in [0, 0.05) is 11.6 Å². The number of halogens is 1. The van der Waals surface area contributed by atoms with Gasteiger partial charge in [0.15, 0.2) is 0 Å². The first-order valence-corrected chi connectivity index (χ1v) is 5.36. The third-order valence-electron chi connectivity index (χ3n) is 2.08. The molecule has 5 heteroatoms. The fourth-order valence-corrected chi connectivity index (χ4v) is 1.36. The van der Waals surface area contributed by atoms with Crippen LogP contribution >= 0.6 is 11.6 Å². The minimum absolute atomic E-state index is 0.143. The molecule has 1 rings (SSSR count). The fourth-order valence-electron chi connectivity index (χ4n) is 1.24. The third-order valence-corrected chi connectivity index (χ3v) is 2.34. The molecule has 0 aliphatic rings. The maximum absolute atomic E-state index is 11.1. The Hall–Kier alpha value is -1.10. The third kappa shape index (κ3) is 4.18. The zero-order chi connectivity index (χ0) is 12.0. The Labute approximate surface area is 99.6 Å². The molecule has 0 saturated heterocycles. The average molecular weight is 243 g/mol. The first-order valence-electron chi connectivity index (χ1n) is 4.98. The van der Waals surface area contributed by atoms with Crippen LogP contribution in [0.5, 0.6) is 0 Å². The highest BCUT2D eigenvalue weighted by atomic mass is 35.5. The van der Waals surface area contributed by atoms with E-state index >= 15 is 0 Å². The van der Waals surface area contributed by atoms with Crippen LogP contribution in [0.2, 0.25) is 5.02 Å². The summed E-state index contributed by atoms with van der Waals surface area (Å²) < 4.78 is 0. The molecule has 4 nitrogen and oxygen atoms in total. The van der Waals surface area contributed by atoms with E-state index in [1.54, 1.807) is 31.3 Å². The Kier molecular flexibility index (Phi) is 5.25. The van der Waals surface area contributed by atoms with Gasteiger partial charge in [-0.1, -0.05) is 23.7 Å². The molecule has 0 aromatic heterocycles. The second-order valence-electron chi connectivity index (χ2n) is 3.40. The zero-order valence-electron chi connectivity index (χ0n) is 9.03. The highest BCUT2D eigenvalue weighted by molar-refractivity contribution is 6.30. The van der Waals surface area contributed by atoms with Gasteiger partial charge in [-0.05, 0) is 24.7 Å². The van der Waals surface area contributed by atoms with Gasteiger partial charge in [-0.15, -0.1) is 0 Å². The Morgan fingerprint density at radius 1 is 1.44 bits per heavy atom.